The summed E-state index contributed by atoms with van der Waals surface area (Å²) in [7, 11) is -3.70. The van der Waals surface area contributed by atoms with Crippen LogP contribution < -0.4 is 4.90 Å². The van der Waals surface area contributed by atoms with Crippen molar-refractivity contribution in [2.75, 3.05) is 31.1 Å². The zero-order chi connectivity index (χ0) is 17.3. The highest BCUT2D eigenvalue weighted by atomic mass is 35.5. The average molecular weight is 390 g/mol. The Labute approximate surface area is 149 Å². The lowest BCUT2D eigenvalue weighted by Gasteiger charge is -2.35. The molecule has 1 aromatic heterocycles. The Bertz CT molecular complexity index is 856. The van der Waals surface area contributed by atoms with Gasteiger partial charge >= 0.3 is 0 Å². The summed E-state index contributed by atoms with van der Waals surface area (Å²) in [6.07, 6.45) is 1.61. The van der Waals surface area contributed by atoms with Crippen LogP contribution in [0, 0.1) is 5.82 Å². The lowest BCUT2D eigenvalue weighted by atomic mass is 10.3. The van der Waals surface area contributed by atoms with Crippen molar-refractivity contribution in [2.45, 2.75) is 4.90 Å². The number of nitrogens with zero attached hydrogens (tertiary/aromatic N) is 3. The second kappa shape index (κ2) is 6.84. The minimum atomic E-state index is -3.70. The first-order valence-corrected chi connectivity index (χ1v) is 9.39. The van der Waals surface area contributed by atoms with Crippen molar-refractivity contribution in [1.82, 2.24) is 9.29 Å². The summed E-state index contributed by atoms with van der Waals surface area (Å²) in [5.74, 6) is -0.644. The number of hydrogen-bond donors (Lipinski definition) is 0. The van der Waals surface area contributed by atoms with E-state index in [2.05, 4.69) is 4.98 Å². The van der Waals surface area contributed by atoms with E-state index >= 15 is 0 Å². The molecule has 0 unspecified atom stereocenters. The summed E-state index contributed by atoms with van der Waals surface area (Å²) in [6, 6.07) is 7.00. The molecule has 0 bridgehead atoms. The zero-order valence-corrected chi connectivity index (χ0v) is 14.8. The Balaban J connectivity index is 1.74. The number of rotatable bonds is 3. The first kappa shape index (κ1) is 17.4. The summed E-state index contributed by atoms with van der Waals surface area (Å²) in [4.78, 5) is 5.97. The standard InChI is InChI=1S/C15H14Cl2FN3O2S/c16-13-10-12(1-2-14(13)18)24(22,23)21-7-5-20(6-8-21)11-3-4-19-15(17)9-11/h1-4,9-10H,5-8H2. The van der Waals surface area contributed by atoms with Crippen LogP contribution in [0.3, 0.4) is 0 Å². The van der Waals surface area contributed by atoms with Crippen molar-refractivity contribution in [3.63, 3.8) is 0 Å². The van der Waals surface area contributed by atoms with Crippen LogP contribution in [0.2, 0.25) is 10.2 Å². The maximum Gasteiger partial charge on any atom is 0.243 e. The molecular weight excluding hydrogens is 376 g/mol. The molecule has 0 N–H and O–H groups in total. The predicted molar refractivity (Wildman–Crippen MR) is 91.6 cm³/mol. The van der Waals surface area contributed by atoms with E-state index in [9.17, 15) is 12.8 Å². The molecule has 1 saturated heterocycles. The van der Waals surface area contributed by atoms with Crippen LogP contribution in [0.1, 0.15) is 0 Å². The number of halogens is 3. The molecule has 2 aromatic rings. The van der Waals surface area contributed by atoms with E-state index in [0.717, 1.165) is 17.8 Å². The fraction of sp³-hybridized carbons (Fsp3) is 0.267. The number of benzene rings is 1. The van der Waals surface area contributed by atoms with Crippen LogP contribution in [0.15, 0.2) is 41.4 Å². The van der Waals surface area contributed by atoms with E-state index in [1.807, 2.05) is 11.0 Å². The van der Waals surface area contributed by atoms with Crippen LogP contribution >= 0.6 is 23.2 Å². The van der Waals surface area contributed by atoms with Crippen LogP contribution in [0.25, 0.3) is 0 Å². The topological polar surface area (TPSA) is 53.5 Å². The smallest absolute Gasteiger partial charge is 0.243 e. The first-order valence-electron chi connectivity index (χ1n) is 7.19. The highest BCUT2D eigenvalue weighted by molar-refractivity contribution is 7.89. The first-order chi connectivity index (χ1) is 11.4. The van der Waals surface area contributed by atoms with Crippen LogP contribution in [-0.4, -0.2) is 43.9 Å². The van der Waals surface area contributed by atoms with Crippen molar-refractivity contribution in [1.29, 1.82) is 0 Å². The molecule has 1 fully saturated rings. The Morgan fingerprint density at radius 2 is 1.75 bits per heavy atom. The lowest BCUT2D eigenvalue weighted by molar-refractivity contribution is 0.385. The fourth-order valence-electron chi connectivity index (χ4n) is 2.56. The van der Waals surface area contributed by atoms with E-state index in [0.29, 0.717) is 31.3 Å². The van der Waals surface area contributed by atoms with Crippen molar-refractivity contribution >= 4 is 38.9 Å². The highest BCUT2D eigenvalue weighted by Crippen LogP contribution is 2.25. The van der Waals surface area contributed by atoms with Crippen LogP contribution in [0.4, 0.5) is 10.1 Å². The third-order valence-corrected chi connectivity index (χ3v) is 6.23. The molecule has 0 saturated carbocycles. The van der Waals surface area contributed by atoms with E-state index < -0.39 is 15.8 Å². The monoisotopic (exact) mass is 389 g/mol. The van der Waals surface area contributed by atoms with E-state index in [1.165, 1.54) is 10.4 Å². The maximum atomic E-state index is 13.2. The molecule has 0 aliphatic carbocycles. The van der Waals surface area contributed by atoms with Gasteiger partial charge in [0.1, 0.15) is 11.0 Å². The molecular formula is C15H14Cl2FN3O2S. The molecule has 0 spiro atoms. The number of aromatic nitrogens is 1. The fourth-order valence-corrected chi connectivity index (χ4v) is 4.42. The third kappa shape index (κ3) is 3.49. The predicted octanol–water partition coefficient (Wildman–Crippen LogP) is 3.04. The Morgan fingerprint density at radius 3 is 2.38 bits per heavy atom. The SMILES string of the molecule is O=S(=O)(c1ccc(F)c(Cl)c1)N1CCN(c2ccnc(Cl)c2)CC1. The Morgan fingerprint density at radius 1 is 1.04 bits per heavy atom. The summed E-state index contributed by atoms with van der Waals surface area (Å²) in [6.45, 7) is 1.68. The van der Waals surface area contributed by atoms with Gasteiger partial charge in [0.25, 0.3) is 0 Å². The number of anilines is 1. The van der Waals surface area contributed by atoms with Crippen LogP contribution in [0.5, 0.6) is 0 Å². The van der Waals surface area contributed by atoms with E-state index in [1.54, 1.807) is 12.3 Å². The molecule has 9 heteroatoms. The van der Waals surface area contributed by atoms with Gasteiger partial charge in [0.2, 0.25) is 10.0 Å². The molecule has 1 aromatic carbocycles. The average Bonchev–Trinajstić information content (AvgIpc) is 2.57. The molecule has 2 heterocycles. The quantitative estimate of drug-likeness (QED) is 0.757. The van der Waals surface area contributed by atoms with Crippen molar-refractivity contribution in [3.8, 4) is 0 Å². The maximum absolute atomic E-state index is 13.2. The summed E-state index contributed by atoms with van der Waals surface area (Å²) < 4.78 is 39.9. The highest BCUT2D eigenvalue weighted by Gasteiger charge is 2.29. The second-order valence-electron chi connectivity index (χ2n) is 5.30. The van der Waals surface area contributed by atoms with Gasteiger partial charge in [-0.05, 0) is 30.3 Å². The largest absolute Gasteiger partial charge is 0.369 e. The van der Waals surface area contributed by atoms with Gasteiger partial charge < -0.3 is 4.90 Å². The number of piperazine rings is 1. The van der Waals surface area contributed by atoms with E-state index in [4.69, 9.17) is 23.2 Å². The molecule has 1 aliphatic rings. The molecule has 0 amide bonds. The molecule has 24 heavy (non-hydrogen) atoms. The molecule has 3 rings (SSSR count). The minimum Gasteiger partial charge on any atom is -0.369 e. The number of sulfonamides is 1. The number of pyridine rings is 1. The van der Waals surface area contributed by atoms with Crippen LogP contribution in [-0.2, 0) is 10.0 Å². The van der Waals surface area contributed by atoms with Gasteiger partial charge in [-0.15, -0.1) is 0 Å². The van der Waals surface area contributed by atoms with Crippen molar-refractivity contribution in [2.24, 2.45) is 0 Å². The van der Waals surface area contributed by atoms with Gasteiger partial charge in [0.05, 0.1) is 9.92 Å². The van der Waals surface area contributed by atoms with Gasteiger partial charge in [-0.1, -0.05) is 23.2 Å². The lowest BCUT2D eigenvalue weighted by Crippen LogP contribution is -2.48. The van der Waals surface area contributed by atoms with Crippen molar-refractivity contribution in [3.05, 3.63) is 52.5 Å². The van der Waals surface area contributed by atoms with Gasteiger partial charge in [-0.25, -0.2) is 17.8 Å². The van der Waals surface area contributed by atoms with Gasteiger partial charge in [0, 0.05) is 38.1 Å². The Hall–Kier alpha value is -1.41. The summed E-state index contributed by atoms with van der Waals surface area (Å²) >= 11 is 11.6. The van der Waals surface area contributed by atoms with Crippen molar-refractivity contribution < 1.29 is 12.8 Å². The second-order valence-corrected chi connectivity index (χ2v) is 8.04. The molecule has 1 aliphatic heterocycles. The van der Waals surface area contributed by atoms with E-state index in [-0.39, 0.29) is 9.92 Å². The normalized spacial score (nSPS) is 16.4. The minimum absolute atomic E-state index is 0.00527. The molecule has 128 valence electrons. The number of hydrogen-bond acceptors (Lipinski definition) is 4. The molecule has 0 radical (unpaired) electrons. The van der Waals surface area contributed by atoms with Gasteiger partial charge in [0.15, 0.2) is 0 Å². The van der Waals surface area contributed by atoms with Gasteiger partial charge in [-0.3, -0.25) is 0 Å². The Kier molecular flexibility index (Phi) is 4.96. The molecule has 5 nitrogen and oxygen atoms in total. The summed E-state index contributed by atoms with van der Waals surface area (Å²) in [5, 5.41) is 0.185. The third-order valence-electron chi connectivity index (χ3n) is 3.84. The summed E-state index contributed by atoms with van der Waals surface area (Å²) in [5.41, 5.74) is 0.900. The zero-order valence-electron chi connectivity index (χ0n) is 12.5. The van der Waals surface area contributed by atoms with Gasteiger partial charge in [-0.2, -0.15) is 4.31 Å². The molecule has 0 atom stereocenters.